The number of aromatic nitrogens is 3. The van der Waals surface area contributed by atoms with Crippen LogP contribution in [0.4, 0.5) is 0 Å². The Morgan fingerprint density at radius 1 is 1.25 bits per heavy atom. The Morgan fingerprint density at radius 2 is 2.08 bits per heavy atom. The minimum absolute atomic E-state index is 0.257. The molecule has 0 radical (unpaired) electrons. The molecule has 0 atom stereocenters. The molecule has 2 aromatic rings. The zero-order valence-electron chi connectivity index (χ0n) is 13.6. The summed E-state index contributed by atoms with van der Waals surface area (Å²) in [6.07, 6.45) is 3.97. The van der Waals surface area contributed by atoms with Crippen LogP contribution in [0.15, 0.2) is 16.8 Å². The smallest absolute Gasteiger partial charge is 0.257 e. The third kappa shape index (κ3) is 3.34. The summed E-state index contributed by atoms with van der Waals surface area (Å²) in [4.78, 5) is 10.9. The van der Waals surface area contributed by atoms with Crippen LogP contribution in [0.2, 0.25) is 0 Å². The number of likely N-dealkylation sites (tertiary alicyclic amines) is 1. The van der Waals surface area contributed by atoms with Crippen molar-refractivity contribution in [1.29, 1.82) is 0 Å². The SMILES string of the molecule is CN1CCC(OCc2nc(-c3cnc4c(c3)OCCO4)no2)CC1. The normalized spacial score (nSPS) is 18.7. The van der Waals surface area contributed by atoms with Crippen molar-refractivity contribution < 1.29 is 18.7 Å². The number of hydrogen-bond acceptors (Lipinski definition) is 8. The van der Waals surface area contributed by atoms with Gasteiger partial charge in [0.15, 0.2) is 5.75 Å². The molecule has 0 amide bonds. The molecule has 1 fully saturated rings. The van der Waals surface area contributed by atoms with Gasteiger partial charge < -0.3 is 23.6 Å². The number of rotatable bonds is 4. The average molecular weight is 332 g/mol. The molecule has 8 heteroatoms. The molecule has 2 aliphatic rings. The summed E-state index contributed by atoms with van der Waals surface area (Å²) in [6, 6.07) is 1.81. The lowest BCUT2D eigenvalue weighted by Gasteiger charge is -2.28. The molecule has 0 aliphatic carbocycles. The lowest BCUT2D eigenvalue weighted by molar-refractivity contribution is -0.00830. The van der Waals surface area contributed by atoms with Crippen LogP contribution in [-0.2, 0) is 11.3 Å². The van der Waals surface area contributed by atoms with Crippen molar-refractivity contribution in [3.63, 3.8) is 0 Å². The highest BCUT2D eigenvalue weighted by molar-refractivity contribution is 5.57. The second-order valence-corrected chi connectivity index (χ2v) is 6.05. The summed E-state index contributed by atoms with van der Waals surface area (Å²) in [5.41, 5.74) is 0.730. The fraction of sp³-hybridized carbons (Fsp3) is 0.562. The summed E-state index contributed by atoms with van der Waals surface area (Å²) >= 11 is 0. The molecule has 0 saturated carbocycles. The molecule has 0 unspecified atom stereocenters. The van der Waals surface area contributed by atoms with Crippen LogP contribution in [0.5, 0.6) is 11.6 Å². The van der Waals surface area contributed by atoms with Gasteiger partial charge >= 0.3 is 0 Å². The number of piperidine rings is 1. The second-order valence-electron chi connectivity index (χ2n) is 6.05. The molecular weight excluding hydrogens is 312 g/mol. The monoisotopic (exact) mass is 332 g/mol. The molecule has 4 rings (SSSR count). The van der Waals surface area contributed by atoms with Crippen molar-refractivity contribution in [2.24, 2.45) is 0 Å². The summed E-state index contributed by atoms with van der Waals surface area (Å²) in [7, 11) is 2.13. The third-order valence-corrected chi connectivity index (χ3v) is 4.23. The first-order chi connectivity index (χ1) is 11.8. The van der Waals surface area contributed by atoms with E-state index < -0.39 is 0 Å². The van der Waals surface area contributed by atoms with Crippen LogP contribution in [-0.4, -0.2) is 59.5 Å². The molecule has 1 saturated heterocycles. The average Bonchev–Trinajstić information content (AvgIpc) is 3.10. The summed E-state index contributed by atoms with van der Waals surface area (Å²) < 4.78 is 22.1. The van der Waals surface area contributed by atoms with E-state index >= 15 is 0 Å². The molecule has 0 N–H and O–H groups in total. The number of pyridine rings is 1. The Labute approximate surface area is 139 Å². The second kappa shape index (κ2) is 6.74. The number of nitrogens with zero attached hydrogens (tertiary/aromatic N) is 4. The van der Waals surface area contributed by atoms with Crippen LogP contribution >= 0.6 is 0 Å². The molecule has 0 bridgehead atoms. The van der Waals surface area contributed by atoms with E-state index in [0.29, 0.717) is 43.2 Å². The Hall–Kier alpha value is -2.19. The minimum Gasteiger partial charge on any atom is -0.484 e. The standard InChI is InChI=1S/C16H20N4O4/c1-20-4-2-12(3-5-20)23-10-14-18-15(19-24-14)11-8-13-16(17-9-11)22-7-6-21-13/h8-9,12H,2-7,10H2,1H3. The Morgan fingerprint density at radius 3 is 2.96 bits per heavy atom. The summed E-state index contributed by atoms with van der Waals surface area (Å²) in [5.74, 6) is 2.05. The molecule has 2 aromatic heterocycles. The lowest BCUT2D eigenvalue weighted by Crippen LogP contribution is -2.34. The highest BCUT2D eigenvalue weighted by Crippen LogP contribution is 2.31. The molecule has 24 heavy (non-hydrogen) atoms. The van der Waals surface area contributed by atoms with Crippen LogP contribution in [0.1, 0.15) is 18.7 Å². The van der Waals surface area contributed by atoms with E-state index in [-0.39, 0.29) is 6.10 Å². The summed E-state index contributed by atoms with van der Waals surface area (Å²) in [5, 5.41) is 4.00. The van der Waals surface area contributed by atoms with Gasteiger partial charge in [0, 0.05) is 24.8 Å². The number of ether oxygens (including phenoxy) is 3. The van der Waals surface area contributed by atoms with Crippen LogP contribution < -0.4 is 9.47 Å². The first-order valence-corrected chi connectivity index (χ1v) is 8.17. The van der Waals surface area contributed by atoms with Crippen molar-refractivity contribution in [1.82, 2.24) is 20.0 Å². The fourth-order valence-electron chi connectivity index (χ4n) is 2.83. The maximum atomic E-state index is 5.87. The van der Waals surface area contributed by atoms with E-state index in [1.54, 1.807) is 6.20 Å². The van der Waals surface area contributed by atoms with Gasteiger partial charge in [0.1, 0.15) is 19.8 Å². The maximum absolute atomic E-state index is 5.87. The van der Waals surface area contributed by atoms with Crippen molar-refractivity contribution in [3.8, 4) is 23.0 Å². The molecule has 128 valence electrons. The van der Waals surface area contributed by atoms with Gasteiger partial charge in [-0.15, -0.1) is 0 Å². The predicted molar refractivity (Wildman–Crippen MR) is 83.8 cm³/mol. The molecule has 0 spiro atoms. The van der Waals surface area contributed by atoms with Crippen molar-refractivity contribution >= 4 is 0 Å². The van der Waals surface area contributed by atoms with Crippen LogP contribution in [0.25, 0.3) is 11.4 Å². The molecule has 2 aliphatic heterocycles. The van der Waals surface area contributed by atoms with E-state index in [2.05, 4.69) is 27.1 Å². The highest BCUT2D eigenvalue weighted by Gasteiger charge is 2.19. The quantitative estimate of drug-likeness (QED) is 0.833. The van der Waals surface area contributed by atoms with Gasteiger partial charge in [-0.1, -0.05) is 5.16 Å². The lowest BCUT2D eigenvalue weighted by atomic mass is 10.1. The predicted octanol–water partition coefficient (Wildman–Crippen LogP) is 1.51. The van der Waals surface area contributed by atoms with Crippen LogP contribution in [0.3, 0.4) is 0 Å². The van der Waals surface area contributed by atoms with Crippen molar-refractivity contribution in [3.05, 3.63) is 18.2 Å². The first-order valence-electron chi connectivity index (χ1n) is 8.17. The maximum Gasteiger partial charge on any atom is 0.257 e. The van der Waals surface area contributed by atoms with Crippen LogP contribution in [0, 0.1) is 0 Å². The molecular formula is C16H20N4O4. The Bertz CT molecular complexity index is 697. The zero-order valence-corrected chi connectivity index (χ0v) is 13.6. The van der Waals surface area contributed by atoms with E-state index in [1.807, 2.05) is 6.07 Å². The first kappa shape index (κ1) is 15.3. The number of hydrogen-bond donors (Lipinski definition) is 0. The van der Waals surface area contributed by atoms with Gasteiger partial charge in [0.2, 0.25) is 5.82 Å². The van der Waals surface area contributed by atoms with E-state index in [4.69, 9.17) is 18.7 Å². The van der Waals surface area contributed by atoms with Gasteiger partial charge in [-0.2, -0.15) is 4.98 Å². The Balaban J connectivity index is 1.39. The summed E-state index contributed by atoms with van der Waals surface area (Å²) in [6.45, 7) is 3.48. The van der Waals surface area contributed by atoms with Crippen molar-refractivity contribution in [2.75, 3.05) is 33.4 Å². The zero-order chi connectivity index (χ0) is 16.4. The fourth-order valence-corrected chi connectivity index (χ4v) is 2.83. The van der Waals surface area contributed by atoms with Gasteiger partial charge in [-0.25, -0.2) is 4.98 Å². The van der Waals surface area contributed by atoms with E-state index in [0.717, 1.165) is 31.5 Å². The largest absolute Gasteiger partial charge is 0.484 e. The molecule has 0 aromatic carbocycles. The van der Waals surface area contributed by atoms with Gasteiger partial charge in [-0.3, -0.25) is 0 Å². The van der Waals surface area contributed by atoms with E-state index in [1.165, 1.54) is 0 Å². The van der Waals surface area contributed by atoms with Gasteiger partial charge in [-0.05, 0) is 26.0 Å². The topological polar surface area (TPSA) is 82.7 Å². The molecule has 4 heterocycles. The van der Waals surface area contributed by atoms with Crippen molar-refractivity contribution in [2.45, 2.75) is 25.6 Å². The third-order valence-electron chi connectivity index (χ3n) is 4.23. The van der Waals surface area contributed by atoms with Gasteiger partial charge in [0.25, 0.3) is 11.8 Å². The molecule has 8 nitrogen and oxygen atoms in total. The van der Waals surface area contributed by atoms with Gasteiger partial charge in [0.05, 0.1) is 6.10 Å². The minimum atomic E-state index is 0.257. The van der Waals surface area contributed by atoms with E-state index in [9.17, 15) is 0 Å². The highest BCUT2D eigenvalue weighted by atomic mass is 16.6. The number of fused-ring (bicyclic) bond motifs is 1. The Kier molecular flexibility index (Phi) is 4.31.